The third-order valence-electron chi connectivity index (χ3n) is 5.56. The summed E-state index contributed by atoms with van der Waals surface area (Å²) < 4.78 is 5.46. The summed E-state index contributed by atoms with van der Waals surface area (Å²) in [4.78, 5) is 15.0. The van der Waals surface area contributed by atoms with Crippen LogP contribution in [0.15, 0.2) is 0 Å². The molecule has 0 spiro atoms. The summed E-state index contributed by atoms with van der Waals surface area (Å²) in [5.41, 5.74) is 3.28. The number of ether oxygens (including phenoxy) is 1. The number of H-pyrrole nitrogens is 1. The van der Waals surface area contributed by atoms with Crippen LogP contribution in [0.1, 0.15) is 62.0 Å². The normalized spacial score (nSPS) is 26.2. The highest BCUT2D eigenvalue weighted by molar-refractivity contribution is 5.75. The summed E-state index contributed by atoms with van der Waals surface area (Å²) in [5.74, 6) is 0.428. The maximum absolute atomic E-state index is 13.0. The zero-order valence-electron chi connectivity index (χ0n) is 15.1. The number of aromatic nitrogens is 2. The van der Waals surface area contributed by atoms with Gasteiger partial charge in [0.1, 0.15) is 0 Å². The molecule has 24 heavy (non-hydrogen) atoms. The van der Waals surface area contributed by atoms with Crippen LogP contribution >= 0.6 is 0 Å². The van der Waals surface area contributed by atoms with Gasteiger partial charge >= 0.3 is 6.03 Å². The molecule has 0 radical (unpaired) electrons. The van der Waals surface area contributed by atoms with E-state index >= 15 is 0 Å². The van der Waals surface area contributed by atoms with Crippen LogP contribution in [0.5, 0.6) is 0 Å². The van der Waals surface area contributed by atoms with Crippen LogP contribution in [0.25, 0.3) is 0 Å². The van der Waals surface area contributed by atoms with Gasteiger partial charge in [0.25, 0.3) is 0 Å². The van der Waals surface area contributed by atoms with Crippen LogP contribution in [0.4, 0.5) is 4.79 Å². The van der Waals surface area contributed by atoms with Gasteiger partial charge in [-0.05, 0) is 40.0 Å². The predicted octanol–water partition coefficient (Wildman–Crippen LogP) is 3.08. The lowest BCUT2D eigenvalue weighted by molar-refractivity contribution is 0.160. The van der Waals surface area contributed by atoms with Gasteiger partial charge in [0.05, 0.1) is 18.3 Å². The molecule has 3 heterocycles. The topological polar surface area (TPSA) is 70.2 Å². The summed E-state index contributed by atoms with van der Waals surface area (Å²) in [5, 5.41) is 10.6. The number of amides is 2. The molecule has 0 aliphatic carbocycles. The number of carbonyl (C=O) groups is 1. The van der Waals surface area contributed by atoms with Crippen molar-refractivity contribution in [3.8, 4) is 0 Å². The van der Waals surface area contributed by atoms with Gasteiger partial charge in [-0.25, -0.2) is 4.79 Å². The van der Waals surface area contributed by atoms with Crippen LogP contribution in [0.2, 0.25) is 0 Å². The highest BCUT2D eigenvalue weighted by Gasteiger charge is 2.32. The second kappa shape index (κ2) is 7.55. The van der Waals surface area contributed by atoms with Crippen LogP contribution in [0.3, 0.4) is 0 Å². The van der Waals surface area contributed by atoms with Crippen LogP contribution < -0.4 is 5.32 Å². The fourth-order valence-electron chi connectivity index (χ4n) is 4.04. The van der Waals surface area contributed by atoms with Gasteiger partial charge in [-0.3, -0.25) is 5.10 Å². The molecule has 0 saturated carbocycles. The smallest absolute Gasteiger partial charge is 0.318 e. The van der Waals surface area contributed by atoms with Crippen LogP contribution in [-0.4, -0.2) is 46.9 Å². The molecule has 3 unspecified atom stereocenters. The number of urea groups is 1. The zero-order valence-corrected chi connectivity index (χ0v) is 15.1. The molecule has 6 nitrogen and oxygen atoms in total. The van der Waals surface area contributed by atoms with Crippen molar-refractivity contribution in [3.05, 3.63) is 17.0 Å². The molecule has 134 valence electrons. The van der Waals surface area contributed by atoms with Gasteiger partial charge in [0.15, 0.2) is 0 Å². The summed E-state index contributed by atoms with van der Waals surface area (Å²) in [7, 11) is 0. The van der Waals surface area contributed by atoms with Crippen LogP contribution in [0, 0.1) is 19.8 Å². The number of hydrogen-bond acceptors (Lipinski definition) is 3. The first-order chi connectivity index (χ1) is 11.6. The van der Waals surface area contributed by atoms with E-state index in [2.05, 4.69) is 29.4 Å². The molecule has 2 aliphatic rings. The average Bonchev–Trinajstić information content (AvgIpc) is 3.13. The Bertz CT molecular complexity index is 546. The Morgan fingerprint density at radius 1 is 1.33 bits per heavy atom. The highest BCUT2D eigenvalue weighted by Crippen LogP contribution is 2.33. The second-order valence-electron chi connectivity index (χ2n) is 7.27. The van der Waals surface area contributed by atoms with E-state index in [0.29, 0.717) is 5.92 Å². The molecule has 2 saturated heterocycles. The quantitative estimate of drug-likeness (QED) is 0.892. The maximum atomic E-state index is 13.0. The number of likely N-dealkylation sites (tertiary alicyclic amines) is 1. The van der Waals surface area contributed by atoms with Gasteiger partial charge in [-0.15, -0.1) is 0 Å². The van der Waals surface area contributed by atoms with E-state index in [4.69, 9.17) is 4.74 Å². The van der Waals surface area contributed by atoms with Gasteiger partial charge < -0.3 is 15.0 Å². The minimum Gasteiger partial charge on any atom is -0.381 e. The van der Waals surface area contributed by atoms with E-state index in [0.717, 1.165) is 56.8 Å². The molecule has 2 N–H and O–H groups in total. The van der Waals surface area contributed by atoms with Crippen LogP contribution in [-0.2, 0) is 4.74 Å². The van der Waals surface area contributed by atoms with Gasteiger partial charge in [-0.2, -0.15) is 5.10 Å². The van der Waals surface area contributed by atoms with Gasteiger partial charge in [0.2, 0.25) is 0 Å². The minimum atomic E-state index is 0.0568. The number of aromatic amines is 1. The molecule has 2 fully saturated rings. The molecule has 6 heteroatoms. The summed E-state index contributed by atoms with van der Waals surface area (Å²) >= 11 is 0. The molecular weight excluding hydrogens is 304 g/mol. The Morgan fingerprint density at radius 3 is 2.83 bits per heavy atom. The van der Waals surface area contributed by atoms with E-state index in [1.54, 1.807) is 0 Å². The Labute approximate surface area is 144 Å². The average molecular weight is 334 g/mol. The van der Waals surface area contributed by atoms with Crippen molar-refractivity contribution in [2.24, 2.45) is 5.92 Å². The largest absolute Gasteiger partial charge is 0.381 e. The number of carbonyl (C=O) groups excluding carboxylic acids is 1. The lowest BCUT2D eigenvalue weighted by Gasteiger charge is -2.32. The lowest BCUT2D eigenvalue weighted by atomic mass is 9.98. The fraction of sp³-hybridized carbons (Fsp3) is 0.778. The third kappa shape index (κ3) is 3.58. The molecular formula is C18H30N4O2. The first kappa shape index (κ1) is 17.3. The standard InChI is InChI=1S/C18H30N4O2/c1-12(15-8-10-24-11-15)19-18(23)22-9-6-4-5-7-16(22)17-13(2)20-21-14(17)3/h12,15-16H,4-11H2,1-3H3,(H,19,23)(H,20,21). The van der Waals surface area contributed by atoms with Gasteiger partial charge in [-0.1, -0.05) is 12.8 Å². The predicted molar refractivity (Wildman–Crippen MR) is 92.9 cm³/mol. The van der Waals surface area contributed by atoms with Crippen molar-refractivity contribution in [2.75, 3.05) is 19.8 Å². The fourth-order valence-corrected chi connectivity index (χ4v) is 4.04. The summed E-state index contributed by atoms with van der Waals surface area (Å²) in [6.45, 7) is 8.55. The number of rotatable bonds is 3. The van der Waals surface area contributed by atoms with Crippen molar-refractivity contribution < 1.29 is 9.53 Å². The second-order valence-corrected chi connectivity index (χ2v) is 7.27. The molecule has 2 aliphatic heterocycles. The number of hydrogen-bond donors (Lipinski definition) is 2. The minimum absolute atomic E-state index is 0.0568. The van der Waals surface area contributed by atoms with Crippen molar-refractivity contribution >= 4 is 6.03 Å². The highest BCUT2D eigenvalue weighted by atomic mass is 16.5. The Morgan fingerprint density at radius 2 is 2.17 bits per heavy atom. The van der Waals surface area contributed by atoms with E-state index in [1.165, 1.54) is 12.0 Å². The monoisotopic (exact) mass is 334 g/mol. The molecule has 2 amide bonds. The Balaban J connectivity index is 1.75. The van der Waals surface area contributed by atoms with E-state index in [9.17, 15) is 4.79 Å². The zero-order chi connectivity index (χ0) is 17.1. The third-order valence-corrected chi connectivity index (χ3v) is 5.56. The number of aryl methyl sites for hydroxylation is 2. The van der Waals surface area contributed by atoms with E-state index in [-0.39, 0.29) is 18.1 Å². The van der Waals surface area contributed by atoms with Crippen molar-refractivity contribution in [2.45, 2.75) is 65.0 Å². The maximum Gasteiger partial charge on any atom is 0.318 e. The van der Waals surface area contributed by atoms with Gasteiger partial charge in [0, 0.05) is 36.4 Å². The molecule has 1 aromatic rings. The summed E-state index contributed by atoms with van der Waals surface area (Å²) in [6.07, 6.45) is 5.45. The number of nitrogens with zero attached hydrogens (tertiary/aromatic N) is 2. The SMILES string of the molecule is Cc1n[nH]c(C)c1C1CCCCCN1C(=O)NC(C)C1CCOC1. The summed E-state index contributed by atoms with van der Waals surface area (Å²) in [6, 6.07) is 0.329. The van der Waals surface area contributed by atoms with E-state index < -0.39 is 0 Å². The lowest BCUT2D eigenvalue weighted by Crippen LogP contribution is -2.48. The number of nitrogens with one attached hydrogen (secondary N) is 2. The van der Waals surface area contributed by atoms with E-state index in [1.807, 2.05) is 11.8 Å². The Kier molecular flexibility index (Phi) is 5.43. The van der Waals surface area contributed by atoms with Crippen molar-refractivity contribution in [1.29, 1.82) is 0 Å². The molecule has 1 aromatic heterocycles. The molecule has 0 bridgehead atoms. The molecule has 0 aromatic carbocycles. The first-order valence-corrected chi connectivity index (χ1v) is 9.24. The van der Waals surface area contributed by atoms with Crippen molar-refractivity contribution in [1.82, 2.24) is 20.4 Å². The van der Waals surface area contributed by atoms with Crippen molar-refractivity contribution in [3.63, 3.8) is 0 Å². The Hall–Kier alpha value is -1.56. The molecule has 3 rings (SSSR count). The first-order valence-electron chi connectivity index (χ1n) is 9.24. The molecule has 3 atom stereocenters.